The second-order valence-corrected chi connectivity index (χ2v) is 11.3. The van der Waals surface area contributed by atoms with E-state index in [1.807, 2.05) is 0 Å². The smallest absolute Gasteiger partial charge is 0.330 e. The Morgan fingerprint density at radius 3 is 2.45 bits per heavy atom. The summed E-state index contributed by atoms with van der Waals surface area (Å²) in [4.78, 5) is 62.2. The molecule has 0 aliphatic heterocycles. The van der Waals surface area contributed by atoms with E-state index >= 15 is 0 Å². The Kier molecular flexibility index (Phi) is 14.9. The van der Waals surface area contributed by atoms with Crippen LogP contribution in [0.2, 0.25) is 5.02 Å². The van der Waals surface area contributed by atoms with E-state index in [9.17, 15) is 33.5 Å². The first-order valence-electron chi connectivity index (χ1n) is 13.7. The molecule has 0 radical (unpaired) electrons. The number of carbonyl (C=O) groups excluding carboxylic acids is 4. The normalized spacial score (nSPS) is 12.4. The number of carbonyl (C=O) groups is 5. The maximum Gasteiger partial charge on any atom is 0.330 e. The molecule has 2 rings (SSSR count). The summed E-state index contributed by atoms with van der Waals surface area (Å²) in [6.07, 6.45) is 1.92. The number of esters is 1. The van der Waals surface area contributed by atoms with Gasteiger partial charge in [0.2, 0.25) is 11.8 Å². The molecule has 44 heavy (non-hydrogen) atoms. The zero-order valence-electron chi connectivity index (χ0n) is 24.9. The van der Waals surface area contributed by atoms with E-state index in [2.05, 4.69) is 15.4 Å². The monoisotopic (exact) mass is 650 g/mol. The summed E-state index contributed by atoms with van der Waals surface area (Å²) >= 11 is 7.06. The van der Waals surface area contributed by atoms with E-state index < -0.39 is 59.8 Å². The first kappa shape index (κ1) is 36.3. The number of benzene rings is 2. The largest absolute Gasteiger partial charge is 0.494 e. The van der Waals surface area contributed by atoms with Crippen LogP contribution in [-0.2, 0) is 40.9 Å². The van der Waals surface area contributed by atoms with E-state index in [4.69, 9.17) is 16.3 Å². The third kappa shape index (κ3) is 11.6. The van der Waals surface area contributed by atoms with Gasteiger partial charge < -0.3 is 25.2 Å². The molecular weight excluding hydrogens is 615 g/mol. The molecule has 10 nitrogen and oxygen atoms in total. The molecule has 2 amide bonds. The third-order valence-corrected chi connectivity index (χ3v) is 7.59. The molecule has 0 bridgehead atoms. The van der Waals surface area contributed by atoms with Crippen molar-refractivity contribution in [1.82, 2.24) is 10.6 Å². The lowest BCUT2D eigenvalue weighted by atomic mass is 10.0. The first-order chi connectivity index (χ1) is 20.9. The SMILES string of the molecule is CCOc1ccc(/C=C/C(=O)OC)cc1CC(=O)N[C@@H](C(=O)N[C@@H](CC(=O)O)C(=O)CSCc1c(F)cccc1Cl)C(C)C. The summed E-state index contributed by atoms with van der Waals surface area (Å²) in [5.41, 5.74) is 1.33. The van der Waals surface area contributed by atoms with Crippen molar-refractivity contribution in [2.24, 2.45) is 5.92 Å². The molecule has 238 valence electrons. The number of rotatable bonds is 17. The molecule has 0 fully saturated rings. The van der Waals surface area contributed by atoms with E-state index in [1.165, 1.54) is 37.5 Å². The van der Waals surface area contributed by atoms with E-state index in [0.717, 1.165) is 11.8 Å². The number of carboxylic acid groups (broad SMARTS) is 1. The summed E-state index contributed by atoms with van der Waals surface area (Å²) < 4.78 is 24.3. The number of thioether (sulfide) groups is 1. The molecule has 0 spiro atoms. The molecule has 2 aromatic carbocycles. The molecule has 0 aliphatic rings. The van der Waals surface area contributed by atoms with E-state index in [1.54, 1.807) is 39.0 Å². The van der Waals surface area contributed by atoms with E-state index in [-0.39, 0.29) is 28.5 Å². The van der Waals surface area contributed by atoms with Crippen LogP contribution in [0.1, 0.15) is 43.9 Å². The fourth-order valence-electron chi connectivity index (χ4n) is 4.01. The van der Waals surface area contributed by atoms with Crippen LogP contribution >= 0.6 is 23.4 Å². The Hall–Kier alpha value is -3.90. The molecule has 0 saturated carbocycles. The number of nitrogens with one attached hydrogen (secondary N) is 2. The highest BCUT2D eigenvalue weighted by atomic mass is 35.5. The van der Waals surface area contributed by atoms with Gasteiger partial charge in [-0.2, -0.15) is 0 Å². The van der Waals surface area contributed by atoms with Crippen LogP contribution in [0.5, 0.6) is 5.75 Å². The van der Waals surface area contributed by atoms with Gasteiger partial charge in [0.05, 0.1) is 38.4 Å². The fourth-order valence-corrected chi connectivity index (χ4v) is 5.32. The minimum absolute atomic E-state index is 0.0685. The van der Waals surface area contributed by atoms with Crippen molar-refractivity contribution < 1.29 is 42.9 Å². The number of ketones is 1. The van der Waals surface area contributed by atoms with Crippen molar-refractivity contribution in [3.63, 3.8) is 0 Å². The van der Waals surface area contributed by atoms with Crippen LogP contribution in [0.25, 0.3) is 6.08 Å². The summed E-state index contributed by atoms with van der Waals surface area (Å²) in [6, 6.07) is 6.80. The summed E-state index contributed by atoms with van der Waals surface area (Å²) in [6.45, 7) is 5.51. The lowest BCUT2D eigenvalue weighted by Crippen LogP contribution is -2.54. The number of Topliss-reactive ketones (excluding diaryl/α,β-unsaturated/α-hetero) is 1. The van der Waals surface area contributed by atoms with Gasteiger partial charge in [-0.05, 0) is 48.7 Å². The summed E-state index contributed by atoms with van der Waals surface area (Å²) in [5, 5.41) is 14.7. The van der Waals surface area contributed by atoms with Crippen LogP contribution < -0.4 is 15.4 Å². The maximum absolute atomic E-state index is 14.1. The number of ether oxygens (including phenoxy) is 2. The Morgan fingerprint density at radius 1 is 1.11 bits per heavy atom. The van der Waals surface area contributed by atoms with Crippen LogP contribution in [0.15, 0.2) is 42.5 Å². The van der Waals surface area contributed by atoms with Gasteiger partial charge in [0, 0.05) is 28.0 Å². The van der Waals surface area contributed by atoms with Crippen molar-refractivity contribution in [3.8, 4) is 5.75 Å². The molecule has 0 aromatic heterocycles. The lowest BCUT2D eigenvalue weighted by molar-refractivity contribution is -0.140. The van der Waals surface area contributed by atoms with Crippen molar-refractivity contribution in [1.29, 1.82) is 0 Å². The number of hydrogen-bond acceptors (Lipinski definition) is 8. The van der Waals surface area contributed by atoms with Crippen molar-refractivity contribution in [2.45, 2.75) is 51.4 Å². The molecule has 3 N–H and O–H groups in total. The van der Waals surface area contributed by atoms with Crippen LogP contribution in [-0.4, -0.2) is 66.2 Å². The number of aliphatic carboxylic acids is 1. The number of halogens is 2. The van der Waals surface area contributed by atoms with Gasteiger partial charge in [-0.1, -0.05) is 37.6 Å². The molecule has 0 aliphatic carbocycles. The van der Waals surface area contributed by atoms with Crippen LogP contribution in [0, 0.1) is 11.7 Å². The minimum Gasteiger partial charge on any atom is -0.494 e. The molecule has 2 aromatic rings. The first-order valence-corrected chi connectivity index (χ1v) is 15.3. The third-order valence-electron chi connectivity index (χ3n) is 6.25. The Morgan fingerprint density at radius 2 is 1.84 bits per heavy atom. The molecule has 0 saturated heterocycles. The Labute approximate surface area is 264 Å². The van der Waals surface area contributed by atoms with Gasteiger partial charge in [-0.3, -0.25) is 19.2 Å². The molecule has 0 unspecified atom stereocenters. The van der Waals surface area contributed by atoms with Crippen molar-refractivity contribution in [2.75, 3.05) is 19.5 Å². The molecule has 2 atom stereocenters. The molecular formula is C31H36ClFN2O8S. The topological polar surface area (TPSA) is 148 Å². The average molecular weight is 651 g/mol. The molecule has 0 heterocycles. The van der Waals surface area contributed by atoms with Gasteiger partial charge in [0.25, 0.3) is 0 Å². The van der Waals surface area contributed by atoms with Gasteiger partial charge >= 0.3 is 11.9 Å². The maximum atomic E-state index is 14.1. The second-order valence-electron chi connectivity index (χ2n) is 9.94. The highest BCUT2D eigenvalue weighted by molar-refractivity contribution is 7.99. The van der Waals surface area contributed by atoms with Gasteiger partial charge in [0.1, 0.15) is 17.6 Å². The lowest BCUT2D eigenvalue weighted by Gasteiger charge is -2.25. The highest BCUT2D eigenvalue weighted by Gasteiger charge is 2.30. The van der Waals surface area contributed by atoms with Crippen LogP contribution in [0.3, 0.4) is 0 Å². The van der Waals surface area contributed by atoms with Gasteiger partial charge in [-0.15, -0.1) is 11.8 Å². The standard InChI is InChI=1S/C31H36ClFN2O8S/c1-5-43-26-11-9-19(10-12-29(40)42-4)13-20(26)14-27(37)35-30(18(2)3)31(41)34-24(15-28(38)39)25(36)17-44-16-21-22(32)7-6-8-23(21)33/h6-13,18,24,30H,5,14-17H2,1-4H3,(H,34,41)(H,35,37)(H,38,39)/b12-10+/t24-,30+/m0/s1. The van der Waals surface area contributed by atoms with Crippen molar-refractivity contribution >= 4 is 59.0 Å². The quantitative estimate of drug-likeness (QED) is 0.169. The van der Waals surface area contributed by atoms with Gasteiger partial charge in [0.15, 0.2) is 5.78 Å². The highest BCUT2D eigenvalue weighted by Crippen LogP contribution is 2.25. The fraction of sp³-hybridized carbons (Fsp3) is 0.387. The zero-order chi connectivity index (χ0) is 32.8. The van der Waals surface area contributed by atoms with E-state index in [0.29, 0.717) is 23.5 Å². The van der Waals surface area contributed by atoms with Crippen LogP contribution in [0.4, 0.5) is 4.39 Å². The minimum atomic E-state index is -1.37. The Balaban J connectivity index is 2.13. The number of methoxy groups -OCH3 is 1. The summed E-state index contributed by atoms with van der Waals surface area (Å²) in [5.74, 6) is -4.31. The van der Waals surface area contributed by atoms with Gasteiger partial charge in [-0.25, -0.2) is 9.18 Å². The Bertz CT molecular complexity index is 1360. The second kappa shape index (κ2) is 18.0. The predicted octanol–water partition coefficient (Wildman–Crippen LogP) is 4.21. The number of hydrogen-bond donors (Lipinski definition) is 3. The number of carboxylic acids is 1. The zero-order valence-corrected chi connectivity index (χ0v) is 26.4. The predicted molar refractivity (Wildman–Crippen MR) is 166 cm³/mol. The number of amides is 2. The molecule has 13 heteroatoms. The average Bonchev–Trinajstić information content (AvgIpc) is 2.96. The van der Waals surface area contributed by atoms with Crippen molar-refractivity contribution in [3.05, 3.63) is 70.0 Å². The summed E-state index contributed by atoms with van der Waals surface area (Å²) in [7, 11) is 1.26.